The number of anilines is 2. The van der Waals surface area contributed by atoms with Crippen molar-refractivity contribution in [3.05, 3.63) is 46.3 Å². The molecule has 124 valence electrons. The van der Waals surface area contributed by atoms with Crippen molar-refractivity contribution >= 4 is 29.3 Å². The molecule has 0 radical (unpaired) electrons. The number of hydrogen-bond donors (Lipinski definition) is 1. The molecule has 1 heterocycles. The van der Waals surface area contributed by atoms with Gasteiger partial charge in [-0.05, 0) is 18.2 Å². The molecule has 0 unspecified atom stereocenters. The number of nitro groups is 1. The Morgan fingerprint density at radius 1 is 1.25 bits per heavy atom. The average molecular weight is 332 g/mol. The third kappa shape index (κ3) is 4.00. The molecule has 1 aromatic heterocycles. The molecule has 2 aromatic rings. The lowest BCUT2D eigenvalue weighted by Gasteiger charge is -2.11. The summed E-state index contributed by atoms with van der Waals surface area (Å²) >= 11 is 0. The Bertz CT molecular complexity index is 790. The fourth-order valence-electron chi connectivity index (χ4n) is 1.71. The van der Waals surface area contributed by atoms with E-state index in [4.69, 9.17) is 4.74 Å². The Hall–Kier alpha value is -3.56. The van der Waals surface area contributed by atoms with Gasteiger partial charge in [-0.25, -0.2) is 14.8 Å². The summed E-state index contributed by atoms with van der Waals surface area (Å²) in [5.74, 6) is -1.07. The molecule has 1 N–H and O–H groups in total. The number of aromatic nitrogens is 2. The minimum absolute atomic E-state index is 0.0554. The van der Waals surface area contributed by atoms with Crippen molar-refractivity contribution in [2.24, 2.45) is 0 Å². The number of carbonyl (C=O) groups excluding carboxylic acids is 2. The summed E-state index contributed by atoms with van der Waals surface area (Å²) in [4.78, 5) is 40.3. The molecule has 0 bridgehead atoms. The van der Waals surface area contributed by atoms with Crippen LogP contribution in [0.15, 0.2) is 30.6 Å². The van der Waals surface area contributed by atoms with E-state index in [1.807, 2.05) is 0 Å². The van der Waals surface area contributed by atoms with Crippen molar-refractivity contribution in [1.82, 2.24) is 9.97 Å². The lowest BCUT2D eigenvalue weighted by atomic mass is 10.2. The standard InChI is InChI=1S/C14H12N4O6/c1-8(19)24-12-5-9(13(20)23-2)3-4-11(12)17-14-15-6-10(7-16-14)18(21)22/h3-7H,1-2H3,(H,15,16,17). The Labute approximate surface area is 135 Å². The molecule has 0 saturated heterocycles. The molecular weight excluding hydrogens is 320 g/mol. The number of ether oxygens (including phenoxy) is 2. The van der Waals surface area contributed by atoms with Crippen LogP contribution in [0.4, 0.5) is 17.3 Å². The smallest absolute Gasteiger partial charge is 0.337 e. The zero-order valence-electron chi connectivity index (χ0n) is 12.7. The lowest BCUT2D eigenvalue weighted by Crippen LogP contribution is -2.08. The van der Waals surface area contributed by atoms with Crippen molar-refractivity contribution in [2.75, 3.05) is 12.4 Å². The summed E-state index contributed by atoms with van der Waals surface area (Å²) < 4.78 is 9.64. The maximum Gasteiger partial charge on any atom is 0.337 e. The number of benzene rings is 1. The Morgan fingerprint density at radius 2 is 1.92 bits per heavy atom. The second-order valence-corrected chi connectivity index (χ2v) is 4.44. The summed E-state index contributed by atoms with van der Waals surface area (Å²) in [7, 11) is 1.23. The van der Waals surface area contributed by atoms with Gasteiger partial charge in [0, 0.05) is 6.92 Å². The van der Waals surface area contributed by atoms with Gasteiger partial charge in [0.25, 0.3) is 0 Å². The largest absolute Gasteiger partial charge is 0.465 e. The van der Waals surface area contributed by atoms with E-state index in [0.29, 0.717) is 5.69 Å². The quantitative estimate of drug-likeness (QED) is 0.376. The molecule has 0 aliphatic heterocycles. The van der Waals surface area contributed by atoms with E-state index in [2.05, 4.69) is 20.0 Å². The van der Waals surface area contributed by atoms with E-state index >= 15 is 0 Å². The van der Waals surface area contributed by atoms with Gasteiger partial charge in [0.2, 0.25) is 5.95 Å². The number of nitrogens with one attached hydrogen (secondary N) is 1. The highest BCUT2D eigenvalue weighted by atomic mass is 16.6. The van der Waals surface area contributed by atoms with Gasteiger partial charge in [0.1, 0.15) is 12.4 Å². The second-order valence-electron chi connectivity index (χ2n) is 4.44. The number of esters is 2. The van der Waals surface area contributed by atoms with Gasteiger partial charge in [0.15, 0.2) is 5.75 Å². The highest BCUT2D eigenvalue weighted by Crippen LogP contribution is 2.28. The summed E-state index contributed by atoms with van der Waals surface area (Å²) in [6.45, 7) is 1.21. The summed E-state index contributed by atoms with van der Waals surface area (Å²) in [6.07, 6.45) is 2.06. The van der Waals surface area contributed by atoms with Gasteiger partial charge in [0.05, 0.1) is 23.3 Å². The topological polar surface area (TPSA) is 134 Å². The molecule has 2 rings (SSSR count). The molecule has 0 aliphatic rings. The molecule has 10 nitrogen and oxygen atoms in total. The molecule has 0 spiro atoms. The highest BCUT2D eigenvalue weighted by Gasteiger charge is 2.14. The van der Waals surface area contributed by atoms with Crippen LogP contribution >= 0.6 is 0 Å². The highest BCUT2D eigenvalue weighted by molar-refractivity contribution is 5.91. The summed E-state index contributed by atoms with van der Waals surface area (Å²) in [5.41, 5.74) is 0.220. The zero-order chi connectivity index (χ0) is 17.7. The molecule has 10 heteroatoms. The maximum absolute atomic E-state index is 11.6. The minimum atomic E-state index is -0.626. The van der Waals surface area contributed by atoms with Crippen LogP contribution in [-0.2, 0) is 9.53 Å². The second kappa shape index (κ2) is 7.13. The van der Waals surface area contributed by atoms with Crippen LogP contribution in [0, 0.1) is 10.1 Å². The Morgan fingerprint density at radius 3 is 2.46 bits per heavy atom. The fourth-order valence-corrected chi connectivity index (χ4v) is 1.71. The van der Waals surface area contributed by atoms with Crippen LogP contribution in [0.5, 0.6) is 5.75 Å². The molecule has 24 heavy (non-hydrogen) atoms. The molecule has 0 saturated carbocycles. The number of methoxy groups -OCH3 is 1. The van der Waals surface area contributed by atoms with Crippen LogP contribution in [-0.4, -0.2) is 33.9 Å². The first-order valence-corrected chi connectivity index (χ1v) is 6.55. The zero-order valence-corrected chi connectivity index (χ0v) is 12.7. The lowest BCUT2D eigenvalue weighted by molar-refractivity contribution is -0.385. The van der Waals surface area contributed by atoms with Crippen LogP contribution in [0.25, 0.3) is 0 Å². The molecule has 0 atom stereocenters. The van der Waals surface area contributed by atoms with Crippen molar-refractivity contribution in [3.63, 3.8) is 0 Å². The van der Waals surface area contributed by atoms with Crippen LogP contribution in [0.3, 0.4) is 0 Å². The van der Waals surface area contributed by atoms with Crippen LogP contribution in [0.2, 0.25) is 0 Å². The van der Waals surface area contributed by atoms with E-state index in [0.717, 1.165) is 12.4 Å². The van der Waals surface area contributed by atoms with Gasteiger partial charge in [-0.3, -0.25) is 14.9 Å². The van der Waals surface area contributed by atoms with Gasteiger partial charge >= 0.3 is 17.6 Å². The van der Waals surface area contributed by atoms with Gasteiger partial charge in [-0.15, -0.1) is 0 Å². The summed E-state index contributed by atoms with van der Waals surface area (Å²) in [5, 5.41) is 13.3. The molecule has 1 aromatic carbocycles. The van der Waals surface area contributed by atoms with E-state index in [1.165, 1.54) is 32.2 Å². The fraction of sp³-hybridized carbons (Fsp3) is 0.143. The van der Waals surface area contributed by atoms with Crippen molar-refractivity contribution in [3.8, 4) is 5.75 Å². The molecule has 0 aliphatic carbocycles. The molecule has 0 amide bonds. The predicted octanol–water partition coefficient (Wildman–Crippen LogP) is 1.84. The van der Waals surface area contributed by atoms with Gasteiger partial charge < -0.3 is 14.8 Å². The van der Waals surface area contributed by atoms with Gasteiger partial charge in [-0.1, -0.05) is 0 Å². The monoisotopic (exact) mass is 332 g/mol. The SMILES string of the molecule is COC(=O)c1ccc(Nc2ncc([N+](=O)[O-])cn2)c(OC(C)=O)c1. The van der Waals surface area contributed by atoms with E-state index in [-0.39, 0.29) is 22.9 Å². The predicted molar refractivity (Wildman–Crippen MR) is 81.1 cm³/mol. The van der Waals surface area contributed by atoms with E-state index in [9.17, 15) is 19.7 Å². The summed E-state index contributed by atoms with van der Waals surface area (Å²) in [6, 6.07) is 4.24. The van der Waals surface area contributed by atoms with Crippen molar-refractivity contribution in [2.45, 2.75) is 6.92 Å². The van der Waals surface area contributed by atoms with E-state index in [1.54, 1.807) is 0 Å². The van der Waals surface area contributed by atoms with Crippen LogP contribution < -0.4 is 10.1 Å². The normalized spacial score (nSPS) is 9.92. The first kappa shape index (κ1) is 16.8. The first-order chi connectivity index (χ1) is 11.4. The number of nitrogens with zero attached hydrogens (tertiary/aromatic N) is 3. The van der Waals surface area contributed by atoms with Gasteiger partial charge in [-0.2, -0.15) is 0 Å². The molecule has 0 fully saturated rings. The van der Waals surface area contributed by atoms with Crippen molar-refractivity contribution in [1.29, 1.82) is 0 Å². The minimum Gasteiger partial charge on any atom is -0.465 e. The van der Waals surface area contributed by atoms with Crippen LogP contribution in [0.1, 0.15) is 17.3 Å². The number of rotatable bonds is 5. The molecular formula is C14H12N4O6. The first-order valence-electron chi connectivity index (χ1n) is 6.55. The number of carbonyl (C=O) groups is 2. The maximum atomic E-state index is 11.6. The Balaban J connectivity index is 2.32. The average Bonchev–Trinajstić information content (AvgIpc) is 2.55. The Kier molecular flexibility index (Phi) is 5.00. The third-order valence-corrected chi connectivity index (χ3v) is 2.75. The number of hydrogen-bond acceptors (Lipinski definition) is 9. The third-order valence-electron chi connectivity index (χ3n) is 2.75. The van der Waals surface area contributed by atoms with Crippen molar-refractivity contribution < 1.29 is 24.0 Å². The van der Waals surface area contributed by atoms with E-state index < -0.39 is 16.9 Å².